The molecule has 0 atom stereocenters. The van der Waals surface area contributed by atoms with E-state index in [0.29, 0.717) is 28.1 Å². The van der Waals surface area contributed by atoms with Crippen molar-refractivity contribution in [3.05, 3.63) is 52.3 Å². The Morgan fingerprint density at radius 3 is 2.08 bits per heavy atom. The van der Waals surface area contributed by atoms with Gasteiger partial charge in [-0.25, -0.2) is 0 Å². The summed E-state index contributed by atoms with van der Waals surface area (Å²) in [6, 6.07) is 6.46. The molecule has 0 aliphatic rings. The van der Waals surface area contributed by atoms with E-state index in [9.17, 15) is 14.4 Å². The SMILES string of the molecule is COc1ccc(C(=O)NNC(=O)c2[nH]c(C)c(C(C)=O)c2C)cc1. The molecule has 7 nitrogen and oxygen atoms in total. The minimum Gasteiger partial charge on any atom is -0.497 e. The molecule has 0 unspecified atom stereocenters. The number of ketones is 1. The van der Waals surface area contributed by atoms with E-state index in [1.54, 1.807) is 38.1 Å². The molecule has 0 fully saturated rings. The van der Waals surface area contributed by atoms with Gasteiger partial charge in [0, 0.05) is 16.8 Å². The first-order valence-electron chi connectivity index (χ1n) is 7.30. The van der Waals surface area contributed by atoms with E-state index in [-0.39, 0.29) is 11.5 Å². The van der Waals surface area contributed by atoms with Crippen LogP contribution < -0.4 is 15.6 Å². The first-order chi connectivity index (χ1) is 11.3. The Labute approximate surface area is 139 Å². The van der Waals surface area contributed by atoms with E-state index in [4.69, 9.17) is 4.74 Å². The van der Waals surface area contributed by atoms with Crippen LogP contribution in [0.5, 0.6) is 5.75 Å². The van der Waals surface area contributed by atoms with Gasteiger partial charge < -0.3 is 9.72 Å². The number of rotatable bonds is 4. The van der Waals surface area contributed by atoms with E-state index in [0.717, 1.165) is 0 Å². The summed E-state index contributed by atoms with van der Waals surface area (Å²) < 4.78 is 5.02. The van der Waals surface area contributed by atoms with Crippen LogP contribution in [0.1, 0.15) is 49.4 Å². The third-order valence-electron chi connectivity index (χ3n) is 3.66. The van der Waals surface area contributed by atoms with Crippen molar-refractivity contribution in [1.29, 1.82) is 0 Å². The molecule has 2 rings (SSSR count). The third kappa shape index (κ3) is 3.45. The predicted molar refractivity (Wildman–Crippen MR) is 88.2 cm³/mol. The van der Waals surface area contributed by atoms with Gasteiger partial charge in [-0.2, -0.15) is 0 Å². The minimum absolute atomic E-state index is 0.123. The number of carbonyl (C=O) groups excluding carboxylic acids is 3. The molecule has 7 heteroatoms. The summed E-state index contributed by atoms with van der Waals surface area (Å²) in [5.74, 6) is -0.476. The normalized spacial score (nSPS) is 10.2. The lowest BCUT2D eigenvalue weighted by atomic mass is 10.1. The van der Waals surface area contributed by atoms with E-state index in [2.05, 4.69) is 15.8 Å². The zero-order valence-corrected chi connectivity index (χ0v) is 13.9. The molecule has 1 aromatic heterocycles. The minimum atomic E-state index is -0.523. The first-order valence-corrected chi connectivity index (χ1v) is 7.30. The highest BCUT2D eigenvalue weighted by atomic mass is 16.5. The van der Waals surface area contributed by atoms with Crippen LogP contribution in [0.3, 0.4) is 0 Å². The highest BCUT2D eigenvalue weighted by Crippen LogP contribution is 2.18. The number of Topliss-reactive ketones (excluding diaryl/α,β-unsaturated/α-hetero) is 1. The molecule has 0 aliphatic heterocycles. The van der Waals surface area contributed by atoms with Crippen LogP contribution in [0.2, 0.25) is 0 Å². The number of hydrogen-bond acceptors (Lipinski definition) is 4. The summed E-state index contributed by atoms with van der Waals surface area (Å²) in [6.45, 7) is 4.84. The van der Waals surface area contributed by atoms with E-state index >= 15 is 0 Å². The molecule has 0 radical (unpaired) electrons. The van der Waals surface area contributed by atoms with Crippen LogP contribution in [0, 0.1) is 13.8 Å². The van der Waals surface area contributed by atoms with Crippen LogP contribution >= 0.6 is 0 Å². The Hall–Kier alpha value is -3.09. The van der Waals surface area contributed by atoms with E-state index < -0.39 is 11.8 Å². The van der Waals surface area contributed by atoms with Crippen LogP contribution in [-0.4, -0.2) is 29.7 Å². The first kappa shape index (κ1) is 17.3. The number of nitrogens with one attached hydrogen (secondary N) is 3. The van der Waals surface area contributed by atoms with Gasteiger partial charge >= 0.3 is 0 Å². The lowest BCUT2D eigenvalue weighted by molar-refractivity contribution is 0.0843. The summed E-state index contributed by atoms with van der Waals surface area (Å²) in [4.78, 5) is 38.7. The maximum Gasteiger partial charge on any atom is 0.286 e. The topological polar surface area (TPSA) is 100 Å². The Morgan fingerprint density at radius 2 is 1.58 bits per heavy atom. The van der Waals surface area contributed by atoms with Crippen LogP contribution in [-0.2, 0) is 0 Å². The fourth-order valence-electron chi connectivity index (χ4n) is 2.50. The Bertz CT molecular complexity index is 791. The van der Waals surface area contributed by atoms with Crippen molar-refractivity contribution in [2.45, 2.75) is 20.8 Å². The number of benzene rings is 1. The van der Waals surface area contributed by atoms with Crippen LogP contribution in [0.4, 0.5) is 0 Å². The van der Waals surface area contributed by atoms with Gasteiger partial charge in [0.05, 0.1) is 7.11 Å². The quantitative estimate of drug-likeness (QED) is 0.589. The number of aromatic nitrogens is 1. The fraction of sp³-hybridized carbons (Fsp3) is 0.235. The maximum atomic E-state index is 12.2. The van der Waals surface area contributed by atoms with Gasteiger partial charge in [0.25, 0.3) is 11.8 Å². The van der Waals surface area contributed by atoms with Gasteiger partial charge in [-0.1, -0.05) is 0 Å². The zero-order valence-electron chi connectivity index (χ0n) is 13.9. The smallest absolute Gasteiger partial charge is 0.286 e. The van der Waals surface area contributed by atoms with Crippen molar-refractivity contribution in [3.63, 3.8) is 0 Å². The monoisotopic (exact) mass is 329 g/mol. The second-order valence-corrected chi connectivity index (χ2v) is 5.32. The molecule has 0 bridgehead atoms. The van der Waals surface area contributed by atoms with Gasteiger partial charge in [-0.3, -0.25) is 25.2 Å². The lowest BCUT2D eigenvalue weighted by Gasteiger charge is -2.08. The molecule has 0 saturated heterocycles. The summed E-state index contributed by atoms with van der Waals surface area (Å²) >= 11 is 0. The Kier molecular flexibility index (Phi) is 5.03. The number of aryl methyl sites for hydroxylation is 1. The largest absolute Gasteiger partial charge is 0.497 e. The Balaban J connectivity index is 2.06. The average molecular weight is 329 g/mol. The number of methoxy groups -OCH3 is 1. The summed E-state index contributed by atoms with van der Waals surface area (Å²) in [6.07, 6.45) is 0. The summed E-state index contributed by atoms with van der Waals surface area (Å²) in [5.41, 5.74) is 6.94. The summed E-state index contributed by atoms with van der Waals surface area (Å²) in [5, 5.41) is 0. The molecular weight excluding hydrogens is 310 g/mol. The van der Waals surface area contributed by atoms with Crippen molar-refractivity contribution in [1.82, 2.24) is 15.8 Å². The molecule has 3 N–H and O–H groups in total. The van der Waals surface area contributed by atoms with Crippen molar-refractivity contribution in [2.24, 2.45) is 0 Å². The van der Waals surface area contributed by atoms with Crippen molar-refractivity contribution < 1.29 is 19.1 Å². The molecule has 1 aromatic carbocycles. The van der Waals surface area contributed by atoms with Gasteiger partial charge in [-0.15, -0.1) is 0 Å². The summed E-state index contributed by atoms with van der Waals surface area (Å²) in [7, 11) is 1.53. The third-order valence-corrected chi connectivity index (χ3v) is 3.66. The molecule has 126 valence electrons. The number of carbonyl (C=O) groups is 3. The molecule has 2 amide bonds. The van der Waals surface area contributed by atoms with Gasteiger partial charge in [0.2, 0.25) is 0 Å². The zero-order chi connectivity index (χ0) is 17.9. The number of hydrazine groups is 1. The lowest BCUT2D eigenvalue weighted by Crippen LogP contribution is -2.42. The van der Waals surface area contributed by atoms with Crippen molar-refractivity contribution in [3.8, 4) is 5.75 Å². The van der Waals surface area contributed by atoms with E-state index in [1.165, 1.54) is 14.0 Å². The number of ether oxygens (including phenoxy) is 1. The van der Waals surface area contributed by atoms with Crippen LogP contribution in [0.25, 0.3) is 0 Å². The second kappa shape index (κ2) is 6.99. The molecule has 1 heterocycles. The molecule has 24 heavy (non-hydrogen) atoms. The number of aromatic amines is 1. The van der Waals surface area contributed by atoms with Gasteiger partial charge in [0.15, 0.2) is 5.78 Å². The Morgan fingerprint density at radius 1 is 1.00 bits per heavy atom. The highest BCUT2D eigenvalue weighted by molar-refractivity contribution is 6.03. The van der Waals surface area contributed by atoms with Crippen molar-refractivity contribution in [2.75, 3.05) is 7.11 Å². The molecule has 2 aromatic rings. The maximum absolute atomic E-state index is 12.2. The molecule has 0 aliphatic carbocycles. The average Bonchev–Trinajstić information content (AvgIpc) is 2.87. The standard InChI is InChI=1S/C17H19N3O4/c1-9-14(11(3)21)10(2)18-15(9)17(23)20-19-16(22)12-5-7-13(24-4)8-6-12/h5-8,18H,1-4H3,(H,19,22)(H,20,23). The number of H-pyrrole nitrogens is 1. The highest BCUT2D eigenvalue weighted by Gasteiger charge is 2.20. The number of hydrogen-bond donors (Lipinski definition) is 3. The van der Waals surface area contributed by atoms with Crippen molar-refractivity contribution >= 4 is 17.6 Å². The fourth-order valence-corrected chi connectivity index (χ4v) is 2.50. The predicted octanol–water partition coefficient (Wildman–Crippen LogP) is 1.92. The molecule has 0 spiro atoms. The van der Waals surface area contributed by atoms with Gasteiger partial charge in [-0.05, 0) is 50.6 Å². The van der Waals surface area contributed by atoms with E-state index in [1.807, 2.05) is 0 Å². The second-order valence-electron chi connectivity index (χ2n) is 5.32. The number of amides is 2. The van der Waals surface area contributed by atoms with Gasteiger partial charge in [0.1, 0.15) is 11.4 Å². The molecular formula is C17H19N3O4. The van der Waals surface area contributed by atoms with Crippen LogP contribution in [0.15, 0.2) is 24.3 Å². The molecule has 0 saturated carbocycles.